The third kappa shape index (κ3) is 7.97. The van der Waals surface area contributed by atoms with Crippen LogP contribution in [0, 0.1) is 0 Å². The summed E-state index contributed by atoms with van der Waals surface area (Å²) in [7, 11) is 0.476. The van der Waals surface area contributed by atoms with Gasteiger partial charge in [0.2, 0.25) is 5.89 Å². The Balaban J connectivity index is 1.71. The van der Waals surface area contributed by atoms with E-state index in [4.69, 9.17) is 9.15 Å². The smallest absolute Gasteiger partial charge is 0.444 e. The van der Waals surface area contributed by atoms with Crippen molar-refractivity contribution in [2.75, 3.05) is 17.8 Å². The van der Waals surface area contributed by atoms with Crippen LogP contribution in [-0.2, 0) is 26.7 Å². The molecule has 0 spiro atoms. The summed E-state index contributed by atoms with van der Waals surface area (Å²) in [6, 6.07) is 7.76. The molecule has 2 amide bonds. The Morgan fingerprint density at radius 3 is 2.29 bits per heavy atom. The number of fused-ring (bicyclic) bond motifs is 1. The molecular weight excluding hydrogens is 641 g/mol. The first-order valence-corrected chi connectivity index (χ1v) is 13.9. The number of amides is 2. The summed E-state index contributed by atoms with van der Waals surface area (Å²) in [5, 5.41) is 9.20. The van der Waals surface area contributed by atoms with Crippen molar-refractivity contribution in [1.82, 2.24) is 15.5 Å². The summed E-state index contributed by atoms with van der Waals surface area (Å²) in [4.78, 5) is 28.0. The number of thioether (sulfide) groups is 1. The van der Waals surface area contributed by atoms with E-state index in [1.807, 2.05) is 0 Å². The van der Waals surface area contributed by atoms with Gasteiger partial charge < -0.3 is 28.8 Å². The molecule has 2 atom stereocenters. The highest BCUT2D eigenvalue weighted by molar-refractivity contribution is 7.99. The van der Waals surface area contributed by atoms with E-state index in [1.54, 1.807) is 20.8 Å². The van der Waals surface area contributed by atoms with Crippen molar-refractivity contribution in [3.8, 4) is 17.2 Å². The van der Waals surface area contributed by atoms with Crippen molar-refractivity contribution in [3.05, 3.63) is 53.9 Å². The average molecular weight is 667 g/mol. The summed E-state index contributed by atoms with van der Waals surface area (Å²) in [5.41, 5.74) is -0.346. The molecule has 2 aromatic carbocycles. The van der Waals surface area contributed by atoms with Gasteiger partial charge in [0.15, 0.2) is 0 Å². The molecule has 18 heteroatoms. The lowest BCUT2D eigenvalue weighted by Gasteiger charge is -2.27. The monoisotopic (exact) mass is 666 g/mol. The fraction of sp³-hybridized carbons (Fsp3) is 0.407. The first-order chi connectivity index (χ1) is 20.8. The molecule has 0 aliphatic carbocycles. The van der Waals surface area contributed by atoms with Crippen LogP contribution in [0.3, 0.4) is 0 Å². The van der Waals surface area contributed by atoms with E-state index in [9.17, 15) is 40.3 Å². The maximum atomic E-state index is 14.6. The molecule has 1 unspecified atom stereocenters. The number of benzene rings is 2. The molecular formula is C27H25F7N4O6S. The zero-order valence-corrected chi connectivity index (χ0v) is 24.7. The van der Waals surface area contributed by atoms with Gasteiger partial charge in [-0.2, -0.15) is 17.6 Å². The number of nitrogens with one attached hydrogen (secondary N) is 1. The molecule has 1 aliphatic heterocycles. The molecule has 1 aromatic heterocycles. The van der Waals surface area contributed by atoms with E-state index in [0.717, 1.165) is 23.9 Å². The number of hydrogen-bond acceptors (Lipinski definition) is 9. The van der Waals surface area contributed by atoms with Gasteiger partial charge in [0.05, 0.1) is 12.2 Å². The molecule has 0 saturated carbocycles. The molecule has 0 saturated heterocycles. The van der Waals surface area contributed by atoms with E-state index >= 15 is 0 Å². The van der Waals surface area contributed by atoms with Gasteiger partial charge in [-0.1, -0.05) is 12.1 Å². The maximum Gasteiger partial charge on any atom is 0.573 e. The molecule has 3 aromatic rings. The molecule has 2 heterocycles. The van der Waals surface area contributed by atoms with Crippen molar-refractivity contribution in [2.45, 2.75) is 62.2 Å². The number of rotatable bonds is 7. The SMILES string of the molecule is COC(F)(c1nnc(-c2ccc3c(c2)N(Cc2ccc(OC(F)(F)F)cc2)C(=O)[C@@H](NC(=O)OC(C)(C)C)CS3)o1)C(F)(F)F. The third-order valence-corrected chi connectivity index (χ3v) is 7.16. The van der Waals surface area contributed by atoms with E-state index < -0.39 is 59.6 Å². The Labute approximate surface area is 255 Å². The Bertz CT molecular complexity index is 1540. The molecule has 4 rings (SSSR count). The number of aromatic nitrogens is 2. The molecule has 0 bridgehead atoms. The summed E-state index contributed by atoms with van der Waals surface area (Å²) < 4.78 is 111. The number of anilines is 1. The summed E-state index contributed by atoms with van der Waals surface area (Å²) in [6.07, 6.45) is -11.3. The molecule has 0 radical (unpaired) electrons. The molecule has 10 nitrogen and oxygen atoms in total. The quantitative estimate of drug-likeness (QED) is 0.282. The van der Waals surface area contributed by atoms with E-state index in [0.29, 0.717) is 17.6 Å². The number of halogens is 7. The molecule has 45 heavy (non-hydrogen) atoms. The zero-order valence-electron chi connectivity index (χ0n) is 23.9. The summed E-state index contributed by atoms with van der Waals surface area (Å²) in [5.74, 6) is -7.53. The van der Waals surface area contributed by atoms with Crippen LogP contribution in [0.2, 0.25) is 0 Å². The number of carbonyl (C=O) groups is 2. The minimum atomic E-state index is -5.55. The van der Waals surface area contributed by atoms with Crippen molar-refractivity contribution >= 4 is 29.4 Å². The highest BCUT2D eigenvalue weighted by Crippen LogP contribution is 2.44. The van der Waals surface area contributed by atoms with Gasteiger partial charge in [-0.25, -0.2) is 4.79 Å². The molecule has 244 valence electrons. The minimum Gasteiger partial charge on any atom is -0.444 e. The Morgan fingerprint density at radius 1 is 1.04 bits per heavy atom. The van der Waals surface area contributed by atoms with Gasteiger partial charge in [0.25, 0.3) is 11.8 Å². The molecule has 1 aliphatic rings. The number of alkyl carbamates (subject to hydrolysis) is 1. The van der Waals surface area contributed by atoms with E-state index in [2.05, 4.69) is 25.0 Å². The van der Waals surface area contributed by atoms with Crippen LogP contribution in [0.4, 0.5) is 41.2 Å². The van der Waals surface area contributed by atoms with Crippen LogP contribution in [0.15, 0.2) is 51.8 Å². The summed E-state index contributed by atoms with van der Waals surface area (Å²) >= 11 is 1.15. The zero-order chi connectivity index (χ0) is 33.4. The largest absolute Gasteiger partial charge is 0.573 e. The maximum absolute atomic E-state index is 14.6. The molecule has 1 N–H and O–H groups in total. The second kappa shape index (κ2) is 12.4. The van der Waals surface area contributed by atoms with Crippen LogP contribution in [0.1, 0.15) is 32.2 Å². The summed E-state index contributed by atoms with van der Waals surface area (Å²) in [6.45, 7) is 4.66. The third-order valence-electron chi connectivity index (χ3n) is 6.00. The normalized spacial score (nSPS) is 17.3. The highest BCUT2D eigenvalue weighted by Gasteiger charge is 2.62. The van der Waals surface area contributed by atoms with Crippen molar-refractivity contribution < 1.29 is 58.9 Å². The van der Waals surface area contributed by atoms with E-state index in [1.165, 1.54) is 35.2 Å². The van der Waals surface area contributed by atoms with Crippen LogP contribution in [0.25, 0.3) is 11.5 Å². The number of nitrogens with zero attached hydrogens (tertiary/aromatic N) is 3. The second-order valence-corrected chi connectivity index (χ2v) is 11.6. The lowest BCUT2D eigenvalue weighted by atomic mass is 10.1. The van der Waals surface area contributed by atoms with Gasteiger partial charge in [0, 0.05) is 23.3 Å². The fourth-order valence-corrected chi connectivity index (χ4v) is 5.08. The van der Waals surface area contributed by atoms with Gasteiger partial charge in [-0.3, -0.25) is 4.79 Å². The van der Waals surface area contributed by atoms with Gasteiger partial charge >= 0.3 is 24.5 Å². The highest BCUT2D eigenvalue weighted by atomic mass is 32.2. The topological polar surface area (TPSA) is 116 Å². The standard InChI is InChI=1S/C27H25F7N4O6S/c1-24(2,3)44-23(40)35-17-13-45-19-10-7-15(20-36-37-22(42-20)25(28,41-4)26(29,30)31)11-18(19)38(21(17)39)12-14-5-8-16(9-6-14)43-27(32,33)34/h5-11,17H,12-13H2,1-4H3,(H,35,40)/t17-,25?/m0/s1. The van der Waals surface area contributed by atoms with Crippen LogP contribution < -0.4 is 15.0 Å². The predicted octanol–water partition coefficient (Wildman–Crippen LogP) is 6.50. The first-order valence-electron chi connectivity index (χ1n) is 12.9. The number of carbonyl (C=O) groups excluding carboxylic acids is 2. The van der Waals surface area contributed by atoms with Crippen LogP contribution >= 0.6 is 11.8 Å². The van der Waals surface area contributed by atoms with Gasteiger partial charge in [-0.05, 0) is 56.7 Å². The van der Waals surface area contributed by atoms with Gasteiger partial charge in [-0.15, -0.1) is 35.1 Å². The number of methoxy groups -OCH3 is 1. The first kappa shape index (κ1) is 33.8. The minimum absolute atomic E-state index is 0.000922. The van der Waals surface area contributed by atoms with Crippen LogP contribution in [0.5, 0.6) is 5.75 Å². The Morgan fingerprint density at radius 2 is 1.71 bits per heavy atom. The average Bonchev–Trinajstić information content (AvgIpc) is 3.38. The van der Waals surface area contributed by atoms with E-state index in [-0.39, 0.29) is 23.5 Å². The van der Waals surface area contributed by atoms with Crippen molar-refractivity contribution in [2.24, 2.45) is 0 Å². The lowest BCUT2D eigenvalue weighted by molar-refractivity contribution is -0.341. The number of alkyl halides is 7. The molecule has 0 fully saturated rings. The predicted molar refractivity (Wildman–Crippen MR) is 144 cm³/mol. The Kier molecular flexibility index (Phi) is 9.31. The van der Waals surface area contributed by atoms with Crippen LogP contribution in [-0.4, -0.2) is 59.2 Å². The van der Waals surface area contributed by atoms with Crippen molar-refractivity contribution in [1.29, 1.82) is 0 Å². The lowest BCUT2D eigenvalue weighted by Crippen LogP contribution is -2.50. The Hall–Kier alpha value is -4.06. The number of hydrogen-bond donors (Lipinski definition) is 1. The number of ether oxygens (including phenoxy) is 3. The second-order valence-electron chi connectivity index (χ2n) is 10.5. The fourth-order valence-electron chi connectivity index (χ4n) is 4.02. The van der Waals surface area contributed by atoms with Gasteiger partial charge in [0.1, 0.15) is 17.4 Å². The van der Waals surface area contributed by atoms with Crippen molar-refractivity contribution in [3.63, 3.8) is 0 Å².